The third-order valence-corrected chi connectivity index (χ3v) is 9.17. The zero-order valence-corrected chi connectivity index (χ0v) is 21.9. The molecular weight excluding hydrogens is 399 g/mol. The molecule has 0 spiro atoms. The molecule has 2 nitrogen and oxygen atoms in total. The van der Waals surface area contributed by atoms with Crippen LogP contribution in [-0.2, 0) is 9.09 Å². The van der Waals surface area contributed by atoms with Gasteiger partial charge in [-0.2, -0.15) is 0 Å². The summed E-state index contributed by atoms with van der Waals surface area (Å²) < 4.78 is 20.0. The number of hydrogen-bond donors (Lipinski definition) is 0. The number of unbranched alkanes of at least 4 members (excludes halogenated alkanes) is 12. The van der Waals surface area contributed by atoms with Gasteiger partial charge in [0.25, 0.3) is 0 Å². The summed E-state index contributed by atoms with van der Waals surface area (Å²) in [5.41, 5.74) is 0. The highest BCUT2D eigenvalue weighted by Crippen LogP contribution is 2.48. The highest BCUT2D eigenvalue weighted by Gasteiger charge is 2.29. The molecule has 2 atom stereocenters. The molecule has 0 aliphatic carbocycles. The van der Waals surface area contributed by atoms with Crippen molar-refractivity contribution < 1.29 is 9.09 Å². The van der Waals surface area contributed by atoms with Crippen LogP contribution in [0, 0.1) is 5.92 Å². The highest BCUT2D eigenvalue weighted by atomic mass is 31.2. The largest absolute Gasteiger partial charge is 0.325 e. The van der Waals surface area contributed by atoms with Crippen molar-refractivity contribution in [1.82, 2.24) is 0 Å². The molecule has 3 heteroatoms. The van der Waals surface area contributed by atoms with Gasteiger partial charge in [-0.05, 0) is 30.9 Å². The lowest BCUT2D eigenvalue weighted by atomic mass is 10.0. The monoisotopic (exact) mass is 450 g/mol. The fourth-order valence-electron chi connectivity index (χ4n) is 4.30. The van der Waals surface area contributed by atoms with E-state index in [1.165, 1.54) is 83.5 Å². The maximum absolute atomic E-state index is 13.8. The average Bonchev–Trinajstić information content (AvgIpc) is 2.80. The van der Waals surface area contributed by atoms with Gasteiger partial charge in [0, 0.05) is 11.5 Å². The quantitative estimate of drug-likeness (QED) is 0.138. The standard InChI is InChI=1S/C28H51O2P/c1-4-7-9-10-11-12-13-14-15-16-17-21-25-30-31(29,28-23-19-18-20-24-28)26-27(6-3)22-8-5-2/h18-20,23-24,27H,4-17,21-22,25-26H2,1-3H3. The summed E-state index contributed by atoms with van der Waals surface area (Å²) in [5, 5.41) is 0.906. The Balaban J connectivity index is 2.28. The molecule has 31 heavy (non-hydrogen) atoms. The normalized spacial score (nSPS) is 14.4. The lowest BCUT2D eigenvalue weighted by molar-refractivity contribution is 0.301. The number of benzene rings is 1. The molecule has 0 fully saturated rings. The Morgan fingerprint density at radius 3 is 1.74 bits per heavy atom. The average molecular weight is 451 g/mol. The molecule has 0 bridgehead atoms. The molecule has 0 saturated carbocycles. The predicted octanol–water partition coefficient (Wildman–Crippen LogP) is 9.52. The van der Waals surface area contributed by atoms with E-state index in [0.29, 0.717) is 18.7 Å². The van der Waals surface area contributed by atoms with Crippen LogP contribution in [0.2, 0.25) is 0 Å². The summed E-state index contributed by atoms with van der Waals surface area (Å²) >= 11 is 0. The lowest BCUT2D eigenvalue weighted by Crippen LogP contribution is -2.16. The van der Waals surface area contributed by atoms with Crippen molar-refractivity contribution in [2.24, 2.45) is 5.92 Å². The second-order valence-electron chi connectivity index (χ2n) is 9.33. The van der Waals surface area contributed by atoms with Crippen LogP contribution < -0.4 is 5.30 Å². The fraction of sp³-hybridized carbons (Fsp3) is 0.786. The van der Waals surface area contributed by atoms with Gasteiger partial charge in [-0.15, -0.1) is 0 Å². The first-order valence-corrected chi connectivity index (χ1v) is 15.3. The van der Waals surface area contributed by atoms with E-state index in [4.69, 9.17) is 4.52 Å². The highest BCUT2D eigenvalue weighted by molar-refractivity contribution is 7.67. The second-order valence-corrected chi connectivity index (χ2v) is 11.8. The van der Waals surface area contributed by atoms with E-state index in [-0.39, 0.29) is 0 Å². The molecule has 1 rings (SSSR count). The minimum atomic E-state index is -2.77. The van der Waals surface area contributed by atoms with E-state index in [1.54, 1.807) is 0 Å². The van der Waals surface area contributed by atoms with Crippen molar-refractivity contribution in [2.75, 3.05) is 12.8 Å². The van der Waals surface area contributed by atoms with Gasteiger partial charge in [-0.1, -0.05) is 129 Å². The molecule has 1 aromatic carbocycles. The Kier molecular flexibility index (Phi) is 17.4. The van der Waals surface area contributed by atoms with Crippen LogP contribution in [0.25, 0.3) is 0 Å². The number of rotatable bonds is 21. The van der Waals surface area contributed by atoms with Crippen LogP contribution in [0.15, 0.2) is 30.3 Å². The van der Waals surface area contributed by atoms with E-state index >= 15 is 0 Å². The van der Waals surface area contributed by atoms with Crippen LogP contribution in [0.1, 0.15) is 124 Å². The summed E-state index contributed by atoms with van der Waals surface area (Å²) in [6.07, 6.45) is 21.3. The predicted molar refractivity (Wildman–Crippen MR) is 139 cm³/mol. The van der Waals surface area contributed by atoms with Crippen LogP contribution in [0.3, 0.4) is 0 Å². The summed E-state index contributed by atoms with van der Waals surface area (Å²) in [7, 11) is -2.77. The Morgan fingerprint density at radius 2 is 1.23 bits per heavy atom. The van der Waals surface area contributed by atoms with E-state index < -0.39 is 7.37 Å². The molecule has 0 N–H and O–H groups in total. The van der Waals surface area contributed by atoms with E-state index in [1.807, 2.05) is 30.3 Å². The van der Waals surface area contributed by atoms with Crippen LogP contribution in [0.4, 0.5) is 0 Å². The Morgan fingerprint density at radius 1 is 0.710 bits per heavy atom. The summed E-state index contributed by atoms with van der Waals surface area (Å²) in [6.45, 7) is 7.36. The van der Waals surface area contributed by atoms with Crippen molar-refractivity contribution in [2.45, 2.75) is 124 Å². The molecular formula is C28H51O2P. The van der Waals surface area contributed by atoms with Crippen molar-refractivity contribution in [3.05, 3.63) is 30.3 Å². The minimum Gasteiger partial charge on any atom is -0.325 e. The van der Waals surface area contributed by atoms with Crippen molar-refractivity contribution in [3.63, 3.8) is 0 Å². The molecule has 0 aliphatic rings. The molecule has 1 aromatic rings. The molecule has 0 heterocycles. The topological polar surface area (TPSA) is 26.3 Å². The first-order chi connectivity index (χ1) is 15.2. The minimum absolute atomic E-state index is 0.493. The maximum Gasteiger partial charge on any atom is 0.232 e. The zero-order valence-electron chi connectivity index (χ0n) is 21.0. The smallest absolute Gasteiger partial charge is 0.232 e. The third kappa shape index (κ3) is 13.5. The molecule has 2 unspecified atom stereocenters. The SMILES string of the molecule is CCCCCCCCCCCCCCOP(=O)(CC(CC)CCCC)c1ccccc1. The van der Waals surface area contributed by atoms with Gasteiger partial charge in [0.05, 0.1) is 6.61 Å². The fourth-order valence-corrected chi connectivity index (χ4v) is 6.94. The van der Waals surface area contributed by atoms with E-state index in [9.17, 15) is 4.57 Å². The molecule has 0 aromatic heterocycles. The van der Waals surface area contributed by atoms with Gasteiger partial charge in [0.15, 0.2) is 0 Å². The zero-order chi connectivity index (χ0) is 22.6. The Labute approximate surface area is 194 Å². The Hall–Kier alpha value is -0.590. The second kappa shape index (κ2) is 18.9. The first-order valence-electron chi connectivity index (χ1n) is 13.5. The van der Waals surface area contributed by atoms with Crippen molar-refractivity contribution in [1.29, 1.82) is 0 Å². The van der Waals surface area contributed by atoms with Crippen LogP contribution in [-0.4, -0.2) is 12.8 Å². The van der Waals surface area contributed by atoms with Gasteiger partial charge < -0.3 is 4.52 Å². The summed E-state index contributed by atoms with van der Waals surface area (Å²) in [4.78, 5) is 0. The van der Waals surface area contributed by atoms with Gasteiger partial charge in [-0.3, -0.25) is 4.57 Å². The maximum atomic E-state index is 13.8. The van der Waals surface area contributed by atoms with Gasteiger partial charge in [-0.25, -0.2) is 0 Å². The van der Waals surface area contributed by atoms with Gasteiger partial charge >= 0.3 is 0 Å². The molecule has 180 valence electrons. The van der Waals surface area contributed by atoms with E-state index in [2.05, 4.69) is 20.8 Å². The van der Waals surface area contributed by atoms with Gasteiger partial charge in [0.2, 0.25) is 7.37 Å². The summed E-state index contributed by atoms with van der Waals surface area (Å²) in [5.74, 6) is 0.493. The van der Waals surface area contributed by atoms with E-state index in [0.717, 1.165) is 24.6 Å². The van der Waals surface area contributed by atoms with Crippen molar-refractivity contribution >= 4 is 12.7 Å². The third-order valence-electron chi connectivity index (χ3n) is 6.49. The molecule has 0 saturated heterocycles. The molecule has 0 radical (unpaired) electrons. The number of hydrogen-bond acceptors (Lipinski definition) is 2. The lowest BCUT2D eigenvalue weighted by Gasteiger charge is -2.24. The molecule has 0 aliphatic heterocycles. The first kappa shape index (κ1) is 28.4. The summed E-state index contributed by atoms with van der Waals surface area (Å²) in [6, 6.07) is 9.96. The molecule has 0 amide bonds. The van der Waals surface area contributed by atoms with Crippen LogP contribution >= 0.6 is 7.37 Å². The van der Waals surface area contributed by atoms with Gasteiger partial charge in [0.1, 0.15) is 0 Å². The van der Waals surface area contributed by atoms with Crippen molar-refractivity contribution in [3.8, 4) is 0 Å². The van der Waals surface area contributed by atoms with Crippen LogP contribution in [0.5, 0.6) is 0 Å². The Bertz CT molecular complexity index is 557.